The Labute approximate surface area is 191 Å². The number of aromatic amines is 1. The summed E-state index contributed by atoms with van der Waals surface area (Å²) in [5, 5.41) is 7.74. The SMILES string of the molecule is Cc1c(-c2[nH]c3cc(C(=O)N(C)C4CCNCC4)sc3c2C(C)C)cn2ncnc2c1C. The third-order valence-corrected chi connectivity index (χ3v) is 8.02. The largest absolute Gasteiger partial charge is 0.353 e. The van der Waals surface area contributed by atoms with E-state index in [0.29, 0.717) is 12.0 Å². The molecule has 1 aliphatic rings. The molecule has 168 valence electrons. The molecule has 4 aromatic rings. The number of rotatable bonds is 4. The van der Waals surface area contributed by atoms with E-state index in [9.17, 15) is 4.79 Å². The number of piperidine rings is 1. The van der Waals surface area contributed by atoms with Gasteiger partial charge in [0.2, 0.25) is 0 Å². The van der Waals surface area contributed by atoms with Crippen molar-refractivity contribution in [3.63, 3.8) is 0 Å². The van der Waals surface area contributed by atoms with Gasteiger partial charge in [0, 0.05) is 24.8 Å². The third-order valence-electron chi connectivity index (χ3n) is 6.87. The molecule has 0 bridgehead atoms. The van der Waals surface area contributed by atoms with Crippen molar-refractivity contribution in [2.24, 2.45) is 0 Å². The average Bonchev–Trinajstić information content (AvgIpc) is 3.49. The summed E-state index contributed by atoms with van der Waals surface area (Å²) in [7, 11) is 1.95. The summed E-state index contributed by atoms with van der Waals surface area (Å²) in [6.07, 6.45) is 5.67. The second-order valence-corrected chi connectivity index (χ2v) is 10.2. The molecule has 32 heavy (non-hydrogen) atoms. The Hall–Kier alpha value is -2.71. The lowest BCUT2D eigenvalue weighted by Gasteiger charge is -2.31. The van der Waals surface area contributed by atoms with Gasteiger partial charge in [0.15, 0.2) is 5.65 Å². The van der Waals surface area contributed by atoms with Crippen LogP contribution in [0.2, 0.25) is 0 Å². The lowest BCUT2D eigenvalue weighted by atomic mass is 9.96. The summed E-state index contributed by atoms with van der Waals surface area (Å²) in [4.78, 5) is 24.0. The highest BCUT2D eigenvalue weighted by molar-refractivity contribution is 7.21. The minimum absolute atomic E-state index is 0.124. The van der Waals surface area contributed by atoms with Crippen molar-refractivity contribution in [1.82, 2.24) is 29.8 Å². The molecule has 4 aromatic heterocycles. The van der Waals surface area contributed by atoms with Crippen LogP contribution in [0.25, 0.3) is 27.1 Å². The standard InChI is InChI=1S/C24H30N6OS/c1-13(2)20-21(17-11-30-23(26-12-27-30)15(4)14(17)3)28-18-10-19(32-22(18)20)24(31)29(5)16-6-8-25-9-7-16/h10-13,16,25,28H,6-9H2,1-5H3. The Balaban J connectivity index is 1.58. The third kappa shape index (κ3) is 3.33. The minimum atomic E-state index is 0.124. The van der Waals surface area contributed by atoms with Gasteiger partial charge in [-0.1, -0.05) is 13.8 Å². The van der Waals surface area contributed by atoms with Gasteiger partial charge in [0.1, 0.15) is 6.33 Å². The Bertz CT molecular complexity index is 1310. The first-order chi connectivity index (χ1) is 15.4. The van der Waals surface area contributed by atoms with Crippen LogP contribution in [0.1, 0.15) is 59.0 Å². The minimum Gasteiger partial charge on any atom is -0.353 e. The molecule has 1 aliphatic heterocycles. The lowest BCUT2D eigenvalue weighted by Crippen LogP contribution is -2.43. The molecule has 0 atom stereocenters. The summed E-state index contributed by atoms with van der Waals surface area (Å²) in [5.41, 5.74) is 7.76. The number of nitrogens with zero attached hydrogens (tertiary/aromatic N) is 4. The first-order valence-corrected chi connectivity index (χ1v) is 12.1. The van der Waals surface area contributed by atoms with Crippen LogP contribution in [0.3, 0.4) is 0 Å². The Morgan fingerprint density at radius 1 is 1.25 bits per heavy atom. The smallest absolute Gasteiger partial charge is 0.264 e. The molecule has 1 fully saturated rings. The van der Waals surface area contributed by atoms with E-state index in [0.717, 1.165) is 58.8 Å². The number of aryl methyl sites for hydroxylation is 1. The molecular formula is C24H30N6OS. The highest BCUT2D eigenvalue weighted by Crippen LogP contribution is 2.41. The maximum absolute atomic E-state index is 13.2. The molecular weight excluding hydrogens is 420 g/mol. The fourth-order valence-corrected chi connectivity index (χ4v) is 6.15. The molecule has 0 aliphatic carbocycles. The van der Waals surface area contributed by atoms with Gasteiger partial charge in [-0.3, -0.25) is 4.79 Å². The number of thiophene rings is 1. The monoisotopic (exact) mass is 450 g/mol. The zero-order valence-corrected chi connectivity index (χ0v) is 20.1. The fraction of sp³-hybridized carbons (Fsp3) is 0.458. The fourth-order valence-electron chi connectivity index (χ4n) is 4.86. The van der Waals surface area contributed by atoms with Crippen LogP contribution in [0.15, 0.2) is 18.6 Å². The predicted octanol–water partition coefficient (Wildman–Crippen LogP) is 4.50. The number of fused-ring (bicyclic) bond motifs is 2. The highest BCUT2D eigenvalue weighted by Gasteiger charge is 2.27. The van der Waals surface area contributed by atoms with Crippen molar-refractivity contribution in [3.8, 4) is 11.3 Å². The Kier molecular flexibility index (Phi) is 5.29. The first kappa shape index (κ1) is 21.2. The molecule has 2 N–H and O–H groups in total. The molecule has 5 heterocycles. The molecule has 0 unspecified atom stereocenters. The number of H-pyrrole nitrogens is 1. The summed E-state index contributed by atoms with van der Waals surface area (Å²) in [6.45, 7) is 10.6. The summed E-state index contributed by atoms with van der Waals surface area (Å²) in [5.74, 6) is 0.437. The van der Waals surface area contributed by atoms with Crippen LogP contribution in [0.4, 0.5) is 0 Å². The number of hydrogen-bond acceptors (Lipinski definition) is 5. The van der Waals surface area contributed by atoms with Crippen LogP contribution in [0, 0.1) is 13.8 Å². The van der Waals surface area contributed by atoms with Crippen LogP contribution in [-0.4, -0.2) is 56.6 Å². The summed E-state index contributed by atoms with van der Waals surface area (Å²) < 4.78 is 3.02. The second-order valence-electron chi connectivity index (χ2n) is 9.14. The molecule has 5 rings (SSSR count). The summed E-state index contributed by atoms with van der Waals surface area (Å²) >= 11 is 1.61. The normalized spacial score (nSPS) is 15.3. The van der Waals surface area contributed by atoms with Crippen molar-refractivity contribution >= 4 is 33.1 Å². The quantitative estimate of drug-likeness (QED) is 0.480. The average molecular weight is 451 g/mol. The molecule has 7 nitrogen and oxygen atoms in total. The zero-order valence-electron chi connectivity index (χ0n) is 19.3. The van der Waals surface area contributed by atoms with E-state index in [2.05, 4.69) is 54.3 Å². The number of pyridine rings is 1. The number of carbonyl (C=O) groups excluding carboxylic acids is 1. The molecule has 0 aromatic carbocycles. The molecule has 0 radical (unpaired) electrons. The van der Waals surface area contributed by atoms with Crippen LogP contribution < -0.4 is 5.32 Å². The maximum Gasteiger partial charge on any atom is 0.264 e. The Morgan fingerprint density at radius 3 is 2.72 bits per heavy atom. The van der Waals surface area contributed by atoms with Crippen molar-refractivity contribution in [3.05, 3.63) is 40.2 Å². The molecule has 0 saturated carbocycles. The molecule has 1 amide bonds. The van der Waals surface area contributed by atoms with Crippen LogP contribution in [0.5, 0.6) is 0 Å². The number of carbonyl (C=O) groups is 1. The number of amides is 1. The molecule has 1 saturated heterocycles. The zero-order chi connectivity index (χ0) is 22.6. The van der Waals surface area contributed by atoms with Gasteiger partial charge in [-0.15, -0.1) is 11.3 Å². The van der Waals surface area contributed by atoms with Gasteiger partial charge in [0.25, 0.3) is 5.91 Å². The van der Waals surface area contributed by atoms with E-state index in [-0.39, 0.29) is 5.91 Å². The van der Waals surface area contributed by atoms with Crippen molar-refractivity contribution < 1.29 is 4.79 Å². The van der Waals surface area contributed by atoms with Crippen molar-refractivity contribution in [1.29, 1.82) is 0 Å². The predicted molar refractivity (Wildman–Crippen MR) is 130 cm³/mol. The van der Waals surface area contributed by atoms with Gasteiger partial charge in [-0.05, 0) is 68.5 Å². The highest BCUT2D eigenvalue weighted by atomic mass is 32.1. The van der Waals surface area contributed by atoms with E-state index >= 15 is 0 Å². The van der Waals surface area contributed by atoms with Gasteiger partial charge in [0.05, 0.1) is 20.8 Å². The maximum atomic E-state index is 13.2. The molecule has 8 heteroatoms. The number of aromatic nitrogens is 4. The molecule has 0 spiro atoms. The van der Waals surface area contributed by atoms with Gasteiger partial charge < -0.3 is 15.2 Å². The van der Waals surface area contributed by atoms with E-state index in [1.165, 1.54) is 15.8 Å². The van der Waals surface area contributed by atoms with E-state index in [4.69, 9.17) is 0 Å². The van der Waals surface area contributed by atoms with Gasteiger partial charge in [-0.2, -0.15) is 5.10 Å². The Morgan fingerprint density at radius 2 is 2.00 bits per heavy atom. The number of nitrogens with one attached hydrogen (secondary N) is 2. The van der Waals surface area contributed by atoms with E-state index in [1.807, 2.05) is 22.5 Å². The van der Waals surface area contributed by atoms with E-state index < -0.39 is 0 Å². The lowest BCUT2D eigenvalue weighted by molar-refractivity contribution is 0.0708. The summed E-state index contributed by atoms with van der Waals surface area (Å²) in [6, 6.07) is 2.34. The number of hydrogen-bond donors (Lipinski definition) is 2. The van der Waals surface area contributed by atoms with Crippen molar-refractivity contribution in [2.75, 3.05) is 20.1 Å². The van der Waals surface area contributed by atoms with E-state index in [1.54, 1.807) is 17.7 Å². The topological polar surface area (TPSA) is 78.3 Å². The van der Waals surface area contributed by atoms with Crippen LogP contribution in [-0.2, 0) is 0 Å². The van der Waals surface area contributed by atoms with Gasteiger partial charge in [-0.25, -0.2) is 9.50 Å². The van der Waals surface area contributed by atoms with Gasteiger partial charge >= 0.3 is 0 Å². The first-order valence-electron chi connectivity index (χ1n) is 11.3. The second kappa shape index (κ2) is 8.01. The van der Waals surface area contributed by atoms with Crippen LogP contribution >= 0.6 is 11.3 Å². The van der Waals surface area contributed by atoms with Crippen molar-refractivity contribution in [2.45, 2.75) is 52.5 Å².